The molecule has 0 atom stereocenters. The Morgan fingerprint density at radius 3 is 2.33 bits per heavy atom. The Morgan fingerprint density at radius 2 is 1.70 bits per heavy atom. The summed E-state index contributed by atoms with van der Waals surface area (Å²) in [5, 5.41) is 2.54. The Bertz CT molecular complexity index is 1240. The van der Waals surface area contributed by atoms with Gasteiger partial charge in [0.1, 0.15) is 17.3 Å². The molecule has 2 aromatic carbocycles. The number of anilines is 3. The highest BCUT2D eigenvalue weighted by Crippen LogP contribution is 2.15. The third-order valence-corrected chi connectivity index (χ3v) is 5.10. The van der Waals surface area contributed by atoms with E-state index >= 15 is 0 Å². The van der Waals surface area contributed by atoms with Gasteiger partial charge in [-0.3, -0.25) is 18.7 Å². The Morgan fingerprint density at radius 1 is 1.03 bits per heavy atom. The molecule has 3 aromatic rings. The second-order valence-electron chi connectivity index (χ2n) is 7.50. The molecule has 0 spiro atoms. The number of carbonyl (C=O) groups is 1. The molecule has 3 rings (SSSR count). The van der Waals surface area contributed by atoms with E-state index in [4.69, 9.17) is 11.5 Å². The average Bonchev–Trinajstić information content (AvgIpc) is 2.77. The van der Waals surface area contributed by atoms with Gasteiger partial charge < -0.3 is 16.8 Å². The molecular weight excluding hydrogens is 449 g/mol. The van der Waals surface area contributed by atoms with Crippen LogP contribution in [0.3, 0.4) is 0 Å². The highest BCUT2D eigenvalue weighted by Gasteiger charge is 2.20. The summed E-state index contributed by atoms with van der Waals surface area (Å²) in [4.78, 5) is 38.7. The second kappa shape index (κ2) is 11.3. The molecule has 0 fully saturated rings. The van der Waals surface area contributed by atoms with E-state index in [0.717, 1.165) is 11.0 Å². The van der Waals surface area contributed by atoms with Gasteiger partial charge in [-0.15, -0.1) is 12.4 Å². The van der Waals surface area contributed by atoms with E-state index in [1.165, 1.54) is 22.8 Å². The van der Waals surface area contributed by atoms with Crippen LogP contribution in [0.15, 0.2) is 58.1 Å². The topological polar surface area (TPSA) is 125 Å². The number of halogens is 2. The number of amides is 1. The number of carbonyl (C=O) groups excluding carboxylic acids is 1. The van der Waals surface area contributed by atoms with Gasteiger partial charge >= 0.3 is 5.69 Å². The van der Waals surface area contributed by atoms with Crippen molar-refractivity contribution < 1.29 is 9.18 Å². The highest BCUT2D eigenvalue weighted by atomic mass is 35.5. The predicted octanol–water partition coefficient (Wildman–Crippen LogP) is 2.76. The van der Waals surface area contributed by atoms with Crippen molar-refractivity contribution in [1.29, 1.82) is 0 Å². The molecule has 33 heavy (non-hydrogen) atoms. The summed E-state index contributed by atoms with van der Waals surface area (Å²) in [6.07, 6.45) is 1.42. The Labute approximate surface area is 196 Å². The molecule has 0 radical (unpaired) electrons. The van der Waals surface area contributed by atoms with Crippen LogP contribution in [0.2, 0.25) is 0 Å². The maximum absolute atomic E-state index is 14.2. The van der Waals surface area contributed by atoms with Crippen LogP contribution in [-0.2, 0) is 24.3 Å². The number of unbranched alkanes of at least 4 members (excludes halogenated alkanes) is 1. The van der Waals surface area contributed by atoms with Crippen LogP contribution in [0.5, 0.6) is 0 Å². The quantitative estimate of drug-likeness (QED) is 0.432. The van der Waals surface area contributed by atoms with Gasteiger partial charge in [-0.2, -0.15) is 0 Å². The van der Waals surface area contributed by atoms with Crippen molar-refractivity contribution in [3.63, 3.8) is 0 Å². The summed E-state index contributed by atoms with van der Waals surface area (Å²) in [5.74, 6) is -1.13. The van der Waals surface area contributed by atoms with Gasteiger partial charge in [0.05, 0.1) is 13.0 Å². The minimum atomic E-state index is -0.783. The molecule has 10 heteroatoms. The van der Waals surface area contributed by atoms with Gasteiger partial charge in [0.15, 0.2) is 0 Å². The maximum atomic E-state index is 14.2. The number of hydrogen-bond acceptors (Lipinski definition) is 5. The maximum Gasteiger partial charge on any atom is 0.332 e. The Balaban J connectivity index is 0.00000385. The fraction of sp³-hybridized carbons (Fsp3) is 0.261. The second-order valence-corrected chi connectivity index (χ2v) is 7.50. The van der Waals surface area contributed by atoms with Crippen molar-refractivity contribution in [3.05, 3.63) is 86.3 Å². The lowest BCUT2D eigenvalue weighted by Crippen LogP contribution is -2.43. The Hall–Kier alpha value is -3.59. The lowest BCUT2D eigenvalue weighted by atomic mass is 10.1. The number of nitrogens with zero attached hydrogens (tertiary/aromatic N) is 2. The lowest BCUT2D eigenvalue weighted by molar-refractivity contribution is -0.115. The standard InChI is InChI=1S/C23H26FN5O3.ClH/c1-2-3-12-28-21(26)20(27-19(30)13-15-8-10-17(25)11-9-15)22(31)29(23(28)32)14-16-6-4-5-7-18(16)24;/h4-11H,2-3,12-14,25-26H2,1H3,(H,27,30);1H. The van der Waals surface area contributed by atoms with Crippen LogP contribution in [0.1, 0.15) is 30.9 Å². The molecule has 1 aromatic heterocycles. The van der Waals surface area contributed by atoms with E-state index in [2.05, 4.69) is 5.32 Å². The first-order valence-corrected chi connectivity index (χ1v) is 10.3. The van der Waals surface area contributed by atoms with Crippen LogP contribution in [0.4, 0.5) is 21.6 Å². The molecular formula is C23H27ClFN5O3. The van der Waals surface area contributed by atoms with Crippen LogP contribution >= 0.6 is 12.4 Å². The molecule has 0 saturated heterocycles. The monoisotopic (exact) mass is 475 g/mol. The van der Waals surface area contributed by atoms with E-state index in [-0.39, 0.29) is 49.0 Å². The van der Waals surface area contributed by atoms with Gasteiger partial charge in [0.25, 0.3) is 5.56 Å². The molecule has 8 nitrogen and oxygen atoms in total. The number of rotatable bonds is 8. The van der Waals surface area contributed by atoms with E-state index < -0.39 is 23.0 Å². The first-order chi connectivity index (χ1) is 15.3. The van der Waals surface area contributed by atoms with Gasteiger partial charge in [0.2, 0.25) is 5.91 Å². The normalized spacial score (nSPS) is 10.5. The zero-order chi connectivity index (χ0) is 23.3. The highest BCUT2D eigenvalue weighted by molar-refractivity contribution is 5.94. The van der Waals surface area contributed by atoms with E-state index in [0.29, 0.717) is 17.7 Å². The van der Waals surface area contributed by atoms with Crippen molar-refractivity contribution in [3.8, 4) is 0 Å². The third kappa shape index (κ3) is 6.01. The van der Waals surface area contributed by atoms with Crippen LogP contribution in [0.25, 0.3) is 0 Å². The molecule has 0 unspecified atom stereocenters. The van der Waals surface area contributed by atoms with Crippen molar-refractivity contribution in [1.82, 2.24) is 9.13 Å². The smallest absolute Gasteiger partial charge is 0.332 e. The molecule has 0 bridgehead atoms. The molecule has 176 valence electrons. The molecule has 0 aliphatic rings. The number of hydrogen-bond donors (Lipinski definition) is 3. The predicted molar refractivity (Wildman–Crippen MR) is 130 cm³/mol. The number of benzene rings is 2. The first-order valence-electron chi connectivity index (χ1n) is 10.3. The number of nitrogens with one attached hydrogen (secondary N) is 1. The van der Waals surface area contributed by atoms with Crippen LogP contribution in [0, 0.1) is 5.82 Å². The molecule has 1 heterocycles. The molecule has 1 amide bonds. The average molecular weight is 476 g/mol. The van der Waals surface area contributed by atoms with E-state index in [9.17, 15) is 18.8 Å². The summed E-state index contributed by atoms with van der Waals surface area (Å²) in [5.41, 5.74) is 11.6. The van der Waals surface area contributed by atoms with Crippen molar-refractivity contribution >= 4 is 35.5 Å². The van der Waals surface area contributed by atoms with Crippen LogP contribution in [-0.4, -0.2) is 15.0 Å². The minimum absolute atomic E-state index is 0. The zero-order valence-electron chi connectivity index (χ0n) is 18.2. The van der Waals surface area contributed by atoms with Gasteiger partial charge in [-0.25, -0.2) is 9.18 Å². The SMILES string of the molecule is CCCCn1c(N)c(NC(=O)Cc2ccc(N)cc2)c(=O)n(Cc2ccccc2F)c1=O.Cl. The van der Waals surface area contributed by atoms with Gasteiger partial charge in [-0.05, 0) is 30.2 Å². The lowest BCUT2D eigenvalue weighted by Gasteiger charge is -2.17. The van der Waals surface area contributed by atoms with Crippen molar-refractivity contribution in [2.75, 3.05) is 16.8 Å². The fourth-order valence-corrected chi connectivity index (χ4v) is 3.31. The van der Waals surface area contributed by atoms with Crippen molar-refractivity contribution in [2.24, 2.45) is 0 Å². The summed E-state index contributed by atoms with van der Waals surface area (Å²) in [7, 11) is 0. The minimum Gasteiger partial charge on any atom is -0.399 e. The van der Waals surface area contributed by atoms with Gasteiger partial charge in [-0.1, -0.05) is 43.7 Å². The third-order valence-electron chi connectivity index (χ3n) is 5.10. The molecule has 5 N–H and O–H groups in total. The molecule has 0 saturated carbocycles. The first kappa shape index (κ1) is 25.7. The summed E-state index contributed by atoms with van der Waals surface area (Å²) < 4.78 is 16.3. The van der Waals surface area contributed by atoms with E-state index in [1.54, 1.807) is 30.3 Å². The van der Waals surface area contributed by atoms with Crippen LogP contribution < -0.4 is 28.0 Å². The Kier molecular flexibility index (Phi) is 8.81. The number of nitrogens with two attached hydrogens (primary N) is 2. The summed E-state index contributed by atoms with van der Waals surface area (Å²) in [6.45, 7) is 1.93. The number of aromatic nitrogens is 2. The largest absolute Gasteiger partial charge is 0.399 e. The zero-order valence-corrected chi connectivity index (χ0v) is 19.0. The van der Waals surface area contributed by atoms with Crippen molar-refractivity contribution in [2.45, 2.75) is 39.3 Å². The fourth-order valence-electron chi connectivity index (χ4n) is 3.31. The summed E-state index contributed by atoms with van der Waals surface area (Å²) in [6, 6.07) is 12.6. The van der Waals surface area contributed by atoms with E-state index in [1.807, 2.05) is 6.92 Å². The number of nitrogen functional groups attached to an aromatic ring is 2. The molecule has 0 aliphatic heterocycles. The summed E-state index contributed by atoms with van der Waals surface area (Å²) >= 11 is 0. The molecule has 0 aliphatic carbocycles. The van der Waals surface area contributed by atoms with Gasteiger partial charge in [0, 0.05) is 17.8 Å².